The summed E-state index contributed by atoms with van der Waals surface area (Å²) in [5.74, 6) is 0.130. The van der Waals surface area contributed by atoms with Crippen molar-refractivity contribution < 1.29 is 9.59 Å². The van der Waals surface area contributed by atoms with E-state index in [4.69, 9.17) is 5.73 Å². The lowest BCUT2D eigenvalue weighted by atomic mass is 9.79. The summed E-state index contributed by atoms with van der Waals surface area (Å²) < 4.78 is 0. The van der Waals surface area contributed by atoms with Crippen LogP contribution >= 0.6 is 0 Å². The minimum absolute atomic E-state index is 0.00344. The van der Waals surface area contributed by atoms with Gasteiger partial charge in [0.2, 0.25) is 0 Å². The maximum atomic E-state index is 13.9. The van der Waals surface area contributed by atoms with Crippen LogP contribution in [-0.2, 0) is 13.0 Å². The molecule has 3 rings (SSSR count). The van der Waals surface area contributed by atoms with Crippen molar-refractivity contribution in [3.05, 3.63) is 107 Å². The summed E-state index contributed by atoms with van der Waals surface area (Å²) in [5.41, 5.74) is 9.16. The van der Waals surface area contributed by atoms with Gasteiger partial charge in [0.1, 0.15) is 0 Å². The Morgan fingerprint density at radius 2 is 1.24 bits per heavy atom. The Bertz CT molecular complexity index is 1060. The fourth-order valence-corrected chi connectivity index (χ4v) is 4.60. The fraction of sp³-hybridized carbons (Fsp3) is 0.310. The largest absolute Gasteiger partial charge is 0.326 e. The second-order valence-corrected chi connectivity index (χ2v) is 8.36. The number of benzene rings is 3. The summed E-state index contributed by atoms with van der Waals surface area (Å²) >= 11 is 0. The SMILES string of the molecule is CCN(CC)C(CC)(Cc1ccc(C(=O)c2ccccc2)cc1)C(=O)c1ccc(CN)cc1. The minimum atomic E-state index is -0.654. The normalized spacial score (nSPS) is 13.0. The van der Waals surface area contributed by atoms with Gasteiger partial charge in [-0.15, -0.1) is 0 Å². The van der Waals surface area contributed by atoms with Gasteiger partial charge in [-0.2, -0.15) is 0 Å². The first-order valence-corrected chi connectivity index (χ1v) is 11.8. The zero-order valence-corrected chi connectivity index (χ0v) is 19.9. The Kier molecular flexibility index (Phi) is 8.32. The maximum Gasteiger partial charge on any atom is 0.193 e. The van der Waals surface area contributed by atoms with Crippen LogP contribution in [0.3, 0.4) is 0 Å². The molecule has 0 amide bonds. The molecule has 33 heavy (non-hydrogen) atoms. The van der Waals surface area contributed by atoms with Crippen LogP contribution in [0.2, 0.25) is 0 Å². The van der Waals surface area contributed by atoms with E-state index < -0.39 is 5.54 Å². The first-order valence-electron chi connectivity index (χ1n) is 11.8. The van der Waals surface area contributed by atoms with Crippen molar-refractivity contribution >= 4 is 11.6 Å². The molecule has 0 aliphatic rings. The lowest BCUT2D eigenvalue weighted by Gasteiger charge is -2.42. The number of hydrogen-bond donors (Lipinski definition) is 1. The summed E-state index contributed by atoms with van der Waals surface area (Å²) in [6, 6.07) is 24.6. The molecule has 2 N–H and O–H groups in total. The molecule has 0 saturated heterocycles. The van der Waals surface area contributed by atoms with Crippen LogP contribution < -0.4 is 5.73 Å². The van der Waals surface area contributed by atoms with Gasteiger partial charge in [0, 0.05) is 23.2 Å². The summed E-state index contributed by atoms with van der Waals surface area (Å²) in [5, 5.41) is 0. The molecule has 0 aromatic heterocycles. The number of carbonyl (C=O) groups excluding carboxylic acids is 2. The summed E-state index contributed by atoms with van der Waals surface area (Å²) in [6.07, 6.45) is 1.28. The van der Waals surface area contributed by atoms with E-state index in [1.807, 2.05) is 78.9 Å². The zero-order chi connectivity index (χ0) is 23.8. The molecule has 3 aromatic rings. The van der Waals surface area contributed by atoms with E-state index in [-0.39, 0.29) is 11.6 Å². The molecule has 0 fully saturated rings. The molecule has 0 heterocycles. The first kappa shape index (κ1) is 24.6. The molecule has 0 bridgehead atoms. The van der Waals surface area contributed by atoms with Crippen molar-refractivity contribution in [1.82, 2.24) is 4.90 Å². The quantitative estimate of drug-likeness (QED) is 0.410. The zero-order valence-electron chi connectivity index (χ0n) is 19.9. The van der Waals surface area contributed by atoms with Crippen LogP contribution in [0.1, 0.15) is 64.6 Å². The van der Waals surface area contributed by atoms with Crippen LogP contribution in [0.15, 0.2) is 78.9 Å². The van der Waals surface area contributed by atoms with E-state index in [1.165, 1.54) is 0 Å². The van der Waals surface area contributed by atoms with E-state index in [0.717, 1.165) is 24.2 Å². The molecule has 4 heteroatoms. The Morgan fingerprint density at radius 1 is 0.727 bits per heavy atom. The second kappa shape index (κ2) is 11.2. The number of hydrogen-bond acceptors (Lipinski definition) is 4. The smallest absolute Gasteiger partial charge is 0.193 e. The molecule has 3 aromatic carbocycles. The monoisotopic (exact) mass is 442 g/mol. The summed E-state index contributed by atoms with van der Waals surface area (Å²) in [4.78, 5) is 28.9. The van der Waals surface area contributed by atoms with Crippen LogP contribution in [-0.4, -0.2) is 35.1 Å². The van der Waals surface area contributed by atoms with Gasteiger partial charge in [0.15, 0.2) is 11.6 Å². The molecule has 0 saturated carbocycles. The molecular formula is C29H34N2O2. The van der Waals surface area contributed by atoms with Crippen LogP contribution in [0.4, 0.5) is 0 Å². The van der Waals surface area contributed by atoms with Gasteiger partial charge in [0.05, 0.1) is 5.54 Å². The third kappa shape index (κ3) is 5.29. The van der Waals surface area contributed by atoms with Crippen molar-refractivity contribution in [2.24, 2.45) is 5.73 Å². The molecule has 1 unspecified atom stereocenters. The van der Waals surface area contributed by atoms with E-state index in [1.54, 1.807) is 0 Å². The van der Waals surface area contributed by atoms with Crippen LogP contribution in [0.5, 0.6) is 0 Å². The molecule has 172 valence electrons. The Hall–Kier alpha value is -3.08. The number of likely N-dealkylation sites (N-methyl/N-ethyl adjacent to an activating group) is 1. The molecule has 4 nitrogen and oxygen atoms in total. The molecule has 0 spiro atoms. The number of ketones is 2. The predicted molar refractivity (Wildman–Crippen MR) is 135 cm³/mol. The highest BCUT2D eigenvalue weighted by Gasteiger charge is 2.41. The summed E-state index contributed by atoms with van der Waals surface area (Å²) in [7, 11) is 0. The number of carbonyl (C=O) groups is 2. The van der Waals surface area contributed by atoms with Gasteiger partial charge in [-0.05, 0) is 37.1 Å². The first-order chi connectivity index (χ1) is 16.0. The van der Waals surface area contributed by atoms with Crippen LogP contribution in [0.25, 0.3) is 0 Å². The Labute approximate surface area is 197 Å². The third-order valence-corrected chi connectivity index (χ3v) is 6.58. The number of Topliss-reactive ketones (excluding diaryl/α,β-unsaturated/α-hetero) is 1. The Balaban J connectivity index is 1.93. The lowest BCUT2D eigenvalue weighted by molar-refractivity contribution is 0.0548. The van der Waals surface area contributed by atoms with E-state index >= 15 is 0 Å². The average Bonchev–Trinajstić information content (AvgIpc) is 2.88. The molecule has 0 aliphatic heterocycles. The van der Waals surface area contributed by atoms with E-state index in [9.17, 15) is 9.59 Å². The standard InChI is InChI=1S/C29H34N2O2/c1-4-29(31(5-2)6-3,28(33)26-18-14-23(21-30)15-19-26)20-22-12-16-25(17-13-22)27(32)24-10-8-7-9-11-24/h7-19H,4-6,20-21,30H2,1-3H3. The number of nitrogens with two attached hydrogens (primary N) is 1. The van der Waals surface area contributed by atoms with Crippen molar-refractivity contribution in [2.45, 2.75) is 45.7 Å². The van der Waals surface area contributed by atoms with Crippen molar-refractivity contribution in [3.63, 3.8) is 0 Å². The molecule has 0 aliphatic carbocycles. The second-order valence-electron chi connectivity index (χ2n) is 8.36. The van der Waals surface area contributed by atoms with Gasteiger partial charge in [-0.1, -0.05) is 99.6 Å². The molecule has 0 radical (unpaired) electrons. The lowest BCUT2D eigenvalue weighted by Crippen LogP contribution is -2.55. The Morgan fingerprint density at radius 3 is 1.76 bits per heavy atom. The fourth-order valence-electron chi connectivity index (χ4n) is 4.60. The maximum absolute atomic E-state index is 13.9. The third-order valence-electron chi connectivity index (χ3n) is 6.58. The molecular weight excluding hydrogens is 408 g/mol. The highest BCUT2D eigenvalue weighted by atomic mass is 16.1. The average molecular weight is 443 g/mol. The van der Waals surface area contributed by atoms with Gasteiger partial charge in [0.25, 0.3) is 0 Å². The highest BCUT2D eigenvalue weighted by Crippen LogP contribution is 2.30. The van der Waals surface area contributed by atoms with Gasteiger partial charge < -0.3 is 5.73 Å². The highest BCUT2D eigenvalue weighted by molar-refractivity contribution is 6.09. The van der Waals surface area contributed by atoms with E-state index in [2.05, 4.69) is 25.7 Å². The topological polar surface area (TPSA) is 63.4 Å². The van der Waals surface area contributed by atoms with Gasteiger partial charge in [-0.3, -0.25) is 14.5 Å². The summed E-state index contributed by atoms with van der Waals surface area (Å²) in [6.45, 7) is 8.29. The number of nitrogens with zero attached hydrogens (tertiary/aromatic N) is 1. The van der Waals surface area contributed by atoms with Gasteiger partial charge >= 0.3 is 0 Å². The van der Waals surface area contributed by atoms with Crippen LogP contribution in [0, 0.1) is 0 Å². The predicted octanol–water partition coefficient (Wildman–Crippen LogP) is 5.29. The minimum Gasteiger partial charge on any atom is -0.326 e. The van der Waals surface area contributed by atoms with Crippen molar-refractivity contribution in [2.75, 3.05) is 13.1 Å². The number of rotatable bonds is 11. The van der Waals surface area contributed by atoms with Crippen molar-refractivity contribution in [3.8, 4) is 0 Å². The van der Waals surface area contributed by atoms with Crippen molar-refractivity contribution in [1.29, 1.82) is 0 Å². The van der Waals surface area contributed by atoms with E-state index in [0.29, 0.717) is 36.1 Å². The molecule has 1 atom stereocenters. The van der Waals surface area contributed by atoms with Gasteiger partial charge in [-0.25, -0.2) is 0 Å².